The molecule has 0 atom stereocenters. The van der Waals surface area contributed by atoms with Crippen molar-refractivity contribution in [2.45, 2.75) is 37.6 Å². The Hall–Kier alpha value is -1.05. The Morgan fingerprint density at radius 1 is 1.33 bits per heavy atom. The molecule has 0 aliphatic heterocycles. The monoisotopic (exact) mass is 308 g/mol. The fraction of sp³-hybridized carbons (Fsp3) is 0.500. The first-order valence-corrected chi connectivity index (χ1v) is 7.04. The van der Waals surface area contributed by atoms with Gasteiger partial charge in [-0.2, -0.15) is 5.26 Å². The smallest absolute Gasteiger partial charge is 0.133 e. The first-order chi connectivity index (χ1) is 8.63. The molecule has 0 aromatic heterocycles. The highest BCUT2D eigenvalue weighted by atomic mass is 79.9. The molecule has 3 nitrogen and oxygen atoms in total. The second-order valence-corrected chi connectivity index (χ2v) is 5.82. The van der Waals surface area contributed by atoms with Gasteiger partial charge >= 0.3 is 0 Å². The summed E-state index contributed by atoms with van der Waals surface area (Å²) in [6.07, 6.45) is 5.71. The lowest BCUT2D eigenvalue weighted by molar-refractivity contribution is 0.173. The van der Waals surface area contributed by atoms with E-state index in [-0.39, 0.29) is 5.54 Å². The molecule has 1 aromatic carbocycles. The van der Waals surface area contributed by atoms with Crippen molar-refractivity contribution in [2.24, 2.45) is 5.73 Å². The third-order valence-electron chi connectivity index (χ3n) is 3.43. The maximum atomic E-state index is 8.80. The van der Waals surface area contributed by atoms with E-state index in [2.05, 4.69) is 22.0 Å². The van der Waals surface area contributed by atoms with Crippen LogP contribution >= 0.6 is 15.9 Å². The minimum atomic E-state index is -0.189. The van der Waals surface area contributed by atoms with Crippen LogP contribution in [-0.2, 0) is 0 Å². The van der Waals surface area contributed by atoms with E-state index in [9.17, 15) is 0 Å². The van der Waals surface area contributed by atoms with Gasteiger partial charge in [0.05, 0.1) is 21.6 Å². The van der Waals surface area contributed by atoms with E-state index >= 15 is 0 Å². The molecule has 2 rings (SSSR count). The molecule has 0 amide bonds. The number of rotatable bonds is 3. The molecule has 0 unspecified atom stereocenters. The predicted octanol–water partition coefficient (Wildman–Crippen LogP) is 3.36. The summed E-state index contributed by atoms with van der Waals surface area (Å²) < 4.78 is 6.60. The van der Waals surface area contributed by atoms with E-state index in [1.165, 1.54) is 19.3 Å². The van der Waals surface area contributed by atoms with Gasteiger partial charge in [0.15, 0.2) is 0 Å². The summed E-state index contributed by atoms with van der Waals surface area (Å²) in [6, 6.07) is 7.43. The van der Waals surface area contributed by atoms with Crippen LogP contribution in [0.2, 0.25) is 0 Å². The van der Waals surface area contributed by atoms with Crippen LogP contribution in [0.15, 0.2) is 22.7 Å². The average Bonchev–Trinajstić information content (AvgIpc) is 2.38. The molecule has 1 aromatic rings. The number of hydrogen-bond acceptors (Lipinski definition) is 3. The molecule has 2 N–H and O–H groups in total. The number of ether oxygens (including phenoxy) is 1. The Morgan fingerprint density at radius 2 is 2.06 bits per heavy atom. The molecular weight excluding hydrogens is 292 g/mol. The van der Waals surface area contributed by atoms with Gasteiger partial charge in [-0.1, -0.05) is 19.3 Å². The van der Waals surface area contributed by atoms with Gasteiger partial charge in [-0.3, -0.25) is 0 Å². The van der Waals surface area contributed by atoms with Gasteiger partial charge in [-0.05, 0) is 47.0 Å². The number of halogens is 1. The Kier molecular flexibility index (Phi) is 4.26. The zero-order valence-corrected chi connectivity index (χ0v) is 11.9. The van der Waals surface area contributed by atoms with E-state index in [4.69, 9.17) is 15.7 Å². The zero-order chi connectivity index (χ0) is 13.0. The quantitative estimate of drug-likeness (QED) is 0.931. The van der Waals surface area contributed by atoms with Gasteiger partial charge in [0, 0.05) is 0 Å². The number of hydrogen-bond donors (Lipinski definition) is 1. The standard InChI is InChI=1S/C14H17BrN2O/c15-12-8-11(9-16)4-5-13(12)18-10-14(17)6-2-1-3-7-14/h4-5,8H,1-3,6-7,10,17H2. The van der Waals surface area contributed by atoms with Crippen molar-refractivity contribution in [2.75, 3.05) is 6.61 Å². The lowest BCUT2D eigenvalue weighted by Gasteiger charge is -2.33. The second-order valence-electron chi connectivity index (χ2n) is 4.97. The van der Waals surface area contributed by atoms with E-state index < -0.39 is 0 Å². The Bertz CT molecular complexity index is 461. The fourth-order valence-electron chi connectivity index (χ4n) is 2.31. The van der Waals surface area contributed by atoms with Gasteiger partial charge in [0.1, 0.15) is 12.4 Å². The van der Waals surface area contributed by atoms with Gasteiger partial charge < -0.3 is 10.5 Å². The van der Waals surface area contributed by atoms with Crippen LogP contribution in [0.25, 0.3) is 0 Å². The third kappa shape index (κ3) is 3.24. The third-order valence-corrected chi connectivity index (χ3v) is 4.05. The maximum absolute atomic E-state index is 8.80. The van der Waals surface area contributed by atoms with Crippen molar-refractivity contribution in [3.8, 4) is 11.8 Å². The molecule has 18 heavy (non-hydrogen) atoms. The molecule has 0 bridgehead atoms. The topological polar surface area (TPSA) is 59.0 Å². The summed E-state index contributed by atoms with van der Waals surface area (Å²) in [5.41, 5.74) is 6.75. The molecule has 1 aliphatic rings. The highest BCUT2D eigenvalue weighted by Crippen LogP contribution is 2.30. The number of nitrogens with zero attached hydrogens (tertiary/aromatic N) is 1. The minimum Gasteiger partial charge on any atom is -0.490 e. The van der Waals surface area contributed by atoms with Gasteiger partial charge in [-0.25, -0.2) is 0 Å². The van der Waals surface area contributed by atoms with Crippen molar-refractivity contribution in [3.05, 3.63) is 28.2 Å². The van der Waals surface area contributed by atoms with E-state index in [0.29, 0.717) is 12.2 Å². The van der Waals surface area contributed by atoms with Crippen LogP contribution < -0.4 is 10.5 Å². The number of benzene rings is 1. The molecule has 0 radical (unpaired) electrons. The van der Waals surface area contributed by atoms with Crippen LogP contribution in [0.4, 0.5) is 0 Å². The second kappa shape index (κ2) is 5.73. The SMILES string of the molecule is N#Cc1ccc(OCC2(N)CCCCC2)c(Br)c1. The predicted molar refractivity (Wildman–Crippen MR) is 74.4 cm³/mol. The normalized spacial score (nSPS) is 18.1. The highest BCUT2D eigenvalue weighted by molar-refractivity contribution is 9.10. The summed E-state index contributed by atoms with van der Waals surface area (Å²) in [6.45, 7) is 0.539. The van der Waals surface area contributed by atoms with Gasteiger partial charge in [-0.15, -0.1) is 0 Å². The van der Waals surface area contributed by atoms with Crippen LogP contribution in [-0.4, -0.2) is 12.1 Å². The molecule has 1 aliphatic carbocycles. The van der Waals surface area contributed by atoms with Crippen molar-refractivity contribution in [3.63, 3.8) is 0 Å². The molecular formula is C14H17BrN2O. The summed E-state index contributed by atoms with van der Waals surface area (Å²) >= 11 is 3.41. The molecule has 0 heterocycles. The van der Waals surface area contributed by atoms with E-state index in [1.54, 1.807) is 12.1 Å². The number of nitriles is 1. The van der Waals surface area contributed by atoms with Crippen LogP contribution in [0.1, 0.15) is 37.7 Å². The fourth-order valence-corrected chi connectivity index (χ4v) is 2.80. The summed E-state index contributed by atoms with van der Waals surface area (Å²) in [7, 11) is 0. The van der Waals surface area contributed by atoms with Crippen molar-refractivity contribution in [1.82, 2.24) is 0 Å². The first-order valence-electron chi connectivity index (χ1n) is 6.24. The Morgan fingerprint density at radius 3 is 2.67 bits per heavy atom. The minimum absolute atomic E-state index is 0.189. The summed E-state index contributed by atoms with van der Waals surface area (Å²) in [4.78, 5) is 0. The Labute approximate surface area is 116 Å². The maximum Gasteiger partial charge on any atom is 0.133 e. The van der Waals surface area contributed by atoms with Crippen LogP contribution in [0.5, 0.6) is 5.75 Å². The zero-order valence-electron chi connectivity index (χ0n) is 10.3. The van der Waals surface area contributed by atoms with E-state index in [0.717, 1.165) is 23.1 Å². The average molecular weight is 309 g/mol. The van der Waals surface area contributed by atoms with Crippen molar-refractivity contribution >= 4 is 15.9 Å². The lowest BCUT2D eigenvalue weighted by atomic mass is 9.83. The van der Waals surface area contributed by atoms with Crippen molar-refractivity contribution in [1.29, 1.82) is 5.26 Å². The largest absolute Gasteiger partial charge is 0.490 e. The van der Waals surface area contributed by atoms with Crippen molar-refractivity contribution < 1.29 is 4.74 Å². The molecule has 1 saturated carbocycles. The Balaban J connectivity index is 2.00. The molecule has 0 saturated heterocycles. The summed E-state index contributed by atoms with van der Waals surface area (Å²) in [5.74, 6) is 0.754. The highest BCUT2D eigenvalue weighted by Gasteiger charge is 2.28. The molecule has 96 valence electrons. The van der Waals surface area contributed by atoms with E-state index in [1.807, 2.05) is 6.07 Å². The number of nitrogens with two attached hydrogens (primary N) is 1. The molecule has 0 spiro atoms. The van der Waals surface area contributed by atoms with Gasteiger partial charge in [0.2, 0.25) is 0 Å². The van der Waals surface area contributed by atoms with Crippen LogP contribution in [0.3, 0.4) is 0 Å². The van der Waals surface area contributed by atoms with Crippen LogP contribution in [0, 0.1) is 11.3 Å². The molecule has 4 heteroatoms. The lowest BCUT2D eigenvalue weighted by Crippen LogP contribution is -2.47. The van der Waals surface area contributed by atoms with Gasteiger partial charge in [0.25, 0.3) is 0 Å². The molecule has 1 fully saturated rings. The first kappa shape index (κ1) is 13.4. The summed E-state index contributed by atoms with van der Waals surface area (Å²) in [5, 5.41) is 8.80.